The first-order valence-corrected chi connectivity index (χ1v) is 16.5. The lowest BCUT2D eigenvalue weighted by Gasteiger charge is -2.63. The molecule has 0 aromatic carbocycles. The van der Waals surface area contributed by atoms with Gasteiger partial charge in [0.2, 0.25) is 0 Å². The van der Waals surface area contributed by atoms with Crippen molar-refractivity contribution in [3.8, 4) is 0 Å². The quantitative estimate of drug-likeness (QED) is 0.228. The molecule has 38 heavy (non-hydrogen) atoms. The molecule has 218 valence electrons. The third-order valence-electron chi connectivity index (χ3n) is 14.3. The van der Waals surface area contributed by atoms with Crippen LogP contribution in [-0.4, -0.2) is 38.3 Å². The van der Waals surface area contributed by atoms with Gasteiger partial charge < -0.3 is 15.4 Å². The highest BCUT2D eigenvalue weighted by Crippen LogP contribution is 2.89. The Morgan fingerprint density at radius 1 is 0.895 bits per heavy atom. The van der Waals surface area contributed by atoms with E-state index in [-0.39, 0.29) is 22.9 Å². The summed E-state index contributed by atoms with van der Waals surface area (Å²) in [6.07, 6.45) is 17.3. The van der Waals surface area contributed by atoms with Crippen molar-refractivity contribution in [2.24, 2.45) is 44.8 Å². The van der Waals surface area contributed by atoms with Crippen LogP contribution in [0.15, 0.2) is 0 Å². The summed E-state index contributed by atoms with van der Waals surface area (Å²) in [7, 11) is 4.28. The van der Waals surface area contributed by atoms with Crippen molar-refractivity contribution >= 4 is 5.97 Å². The maximum atomic E-state index is 13.1. The number of fused-ring (bicyclic) bond motifs is 2. The number of esters is 1. The monoisotopic (exact) mass is 528 g/mol. The Kier molecular flexibility index (Phi) is 7.63. The molecule has 5 aliphatic carbocycles. The van der Waals surface area contributed by atoms with Crippen LogP contribution in [0.5, 0.6) is 0 Å². The highest BCUT2D eigenvalue weighted by molar-refractivity contribution is 5.69. The lowest BCUT2D eigenvalue weighted by atomic mass is 9.42. The summed E-state index contributed by atoms with van der Waals surface area (Å²) < 4.78 is 6.48. The lowest BCUT2D eigenvalue weighted by Crippen LogP contribution is -2.59. The van der Waals surface area contributed by atoms with E-state index < -0.39 is 0 Å². The molecule has 0 amide bonds. The second-order valence-electron chi connectivity index (χ2n) is 15.7. The van der Waals surface area contributed by atoms with Crippen molar-refractivity contribution in [2.75, 3.05) is 14.1 Å². The normalized spacial score (nSPS) is 47.3. The minimum atomic E-state index is 0.0506. The average molecular weight is 529 g/mol. The number of nitrogens with one attached hydrogen (secondary N) is 2. The van der Waals surface area contributed by atoms with Gasteiger partial charge in [0.05, 0.1) is 0 Å². The largest absolute Gasteiger partial charge is 0.462 e. The zero-order chi connectivity index (χ0) is 27.6. The summed E-state index contributed by atoms with van der Waals surface area (Å²) in [6, 6.07) is 1.00. The SMILES string of the molecule is CCCCCCCC(=O)O[C@@H]1C[C@@]2(C)[C@@H]3CC[C@H]4C(C)(C)[C@@H](NC)CC[C@@]45C[C@@]35CC[C@]2(C)C1[C@H](C)NC. The van der Waals surface area contributed by atoms with E-state index in [0.29, 0.717) is 40.7 Å². The minimum absolute atomic E-state index is 0.0506. The van der Waals surface area contributed by atoms with Crippen molar-refractivity contribution < 1.29 is 9.53 Å². The molecular formula is C34H60N2O2. The van der Waals surface area contributed by atoms with Crippen molar-refractivity contribution in [3.63, 3.8) is 0 Å². The fourth-order valence-electron chi connectivity index (χ4n) is 12.2. The van der Waals surface area contributed by atoms with E-state index in [2.05, 4.69) is 66.3 Å². The van der Waals surface area contributed by atoms with Gasteiger partial charge in [-0.05, 0) is 118 Å². The van der Waals surface area contributed by atoms with Gasteiger partial charge in [0.1, 0.15) is 6.10 Å². The zero-order valence-corrected chi connectivity index (χ0v) is 26.2. The molecule has 0 bridgehead atoms. The Morgan fingerprint density at radius 2 is 1.58 bits per heavy atom. The van der Waals surface area contributed by atoms with Crippen LogP contribution in [0.3, 0.4) is 0 Å². The Hall–Kier alpha value is -0.610. The zero-order valence-electron chi connectivity index (χ0n) is 26.2. The highest BCUT2D eigenvalue weighted by Gasteiger charge is 2.83. The molecule has 5 saturated carbocycles. The fourth-order valence-corrected chi connectivity index (χ4v) is 12.2. The molecule has 5 rings (SSSR count). The Balaban J connectivity index is 1.38. The van der Waals surface area contributed by atoms with Gasteiger partial charge in [-0.1, -0.05) is 60.3 Å². The Bertz CT molecular complexity index is 888. The van der Waals surface area contributed by atoms with Crippen molar-refractivity contribution in [2.45, 2.75) is 150 Å². The van der Waals surface area contributed by atoms with Gasteiger partial charge in [0, 0.05) is 24.4 Å². The number of rotatable bonds is 10. The van der Waals surface area contributed by atoms with Gasteiger partial charge in [-0.15, -0.1) is 0 Å². The summed E-state index contributed by atoms with van der Waals surface area (Å²) in [5.41, 5.74) is 1.93. The summed E-state index contributed by atoms with van der Waals surface area (Å²) in [5.74, 6) is 2.07. The standard InChI is InChI=1S/C34H60N2O2/c1-9-10-11-12-13-14-28(37)38-24-21-32(6)26-16-15-25-30(3,4)27(36-8)17-18-33(25)22-34(26,33)20-19-31(32,5)29(24)23(2)35-7/h23-27,29,35-36H,9-22H2,1-8H3/t23-,24+,25-,26-,27-,29?,31+,32-,33+,34-/m0/s1. The molecular weight excluding hydrogens is 468 g/mol. The van der Waals surface area contributed by atoms with E-state index in [1.165, 1.54) is 64.2 Å². The van der Waals surface area contributed by atoms with Crippen LogP contribution in [0, 0.1) is 44.8 Å². The number of ether oxygens (including phenoxy) is 1. The molecule has 10 atom stereocenters. The second kappa shape index (κ2) is 10.0. The minimum Gasteiger partial charge on any atom is -0.462 e. The van der Waals surface area contributed by atoms with E-state index in [9.17, 15) is 4.79 Å². The van der Waals surface area contributed by atoms with Crippen LogP contribution in [0.25, 0.3) is 0 Å². The highest BCUT2D eigenvalue weighted by atomic mass is 16.5. The van der Waals surface area contributed by atoms with Gasteiger partial charge in [-0.2, -0.15) is 0 Å². The second-order valence-corrected chi connectivity index (χ2v) is 15.7. The maximum absolute atomic E-state index is 13.1. The first kappa shape index (κ1) is 28.9. The van der Waals surface area contributed by atoms with Crippen LogP contribution in [-0.2, 0) is 9.53 Å². The summed E-state index contributed by atoms with van der Waals surface area (Å²) in [6.45, 7) is 15.0. The van der Waals surface area contributed by atoms with E-state index in [1.54, 1.807) is 0 Å². The predicted molar refractivity (Wildman–Crippen MR) is 157 cm³/mol. The first-order valence-electron chi connectivity index (χ1n) is 16.5. The summed E-state index contributed by atoms with van der Waals surface area (Å²) in [4.78, 5) is 13.1. The van der Waals surface area contributed by atoms with E-state index in [1.807, 2.05) is 0 Å². The molecule has 0 aromatic rings. The van der Waals surface area contributed by atoms with Crippen molar-refractivity contribution in [1.29, 1.82) is 0 Å². The van der Waals surface area contributed by atoms with Crippen LogP contribution >= 0.6 is 0 Å². The van der Waals surface area contributed by atoms with Crippen molar-refractivity contribution in [3.05, 3.63) is 0 Å². The lowest BCUT2D eigenvalue weighted by molar-refractivity contribution is -0.153. The average Bonchev–Trinajstić information content (AvgIpc) is 3.47. The third kappa shape index (κ3) is 3.92. The number of unbranched alkanes of at least 4 members (excludes halogenated alkanes) is 4. The van der Waals surface area contributed by atoms with Crippen LogP contribution < -0.4 is 10.6 Å². The van der Waals surface area contributed by atoms with Gasteiger partial charge in [0.25, 0.3) is 0 Å². The Morgan fingerprint density at radius 3 is 2.26 bits per heavy atom. The molecule has 1 unspecified atom stereocenters. The van der Waals surface area contributed by atoms with Gasteiger partial charge >= 0.3 is 5.97 Å². The number of carbonyl (C=O) groups is 1. The van der Waals surface area contributed by atoms with E-state index in [4.69, 9.17) is 4.74 Å². The van der Waals surface area contributed by atoms with Gasteiger partial charge in [0.15, 0.2) is 0 Å². The molecule has 0 aromatic heterocycles. The fraction of sp³-hybridized carbons (Fsp3) is 0.971. The van der Waals surface area contributed by atoms with Crippen LogP contribution in [0.2, 0.25) is 0 Å². The molecule has 0 radical (unpaired) electrons. The van der Waals surface area contributed by atoms with Crippen molar-refractivity contribution in [1.82, 2.24) is 10.6 Å². The van der Waals surface area contributed by atoms with Crippen LogP contribution in [0.4, 0.5) is 0 Å². The third-order valence-corrected chi connectivity index (χ3v) is 14.3. The molecule has 2 spiro atoms. The molecule has 5 fully saturated rings. The van der Waals surface area contributed by atoms with Gasteiger partial charge in [-0.3, -0.25) is 4.79 Å². The molecule has 2 N–H and O–H groups in total. The van der Waals surface area contributed by atoms with E-state index in [0.717, 1.165) is 31.1 Å². The molecule has 0 heterocycles. The van der Waals surface area contributed by atoms with Gasteiger partial charge in [-0.25, -0.2) is 0 Å². The number of hydrogen-bond donors (Lipinski definition) is 2. The topological polar surface area (TPSA) is 50.4 Å². The molecule has 5 aliphatic rings. The molecule has 4 nitrogen and oxygen atoms in total. The smallest absolute Gasteiger partial charge is 0.306 e. The number of hydrogen-bond acceptors (Lipinski definition) is 4. The maximum Gasteiger partial charge on any atom is 0.306 e. The molecule has 0 aliphatic heterocycles. The molecule has 4 heteroatoms. The summed E-state index contributed by atoms with van der Waals surface area (Å²) in [5, 5.41) is 7.31. The van der Waals surface area contributed by atoms with E-state index >= 15 is 0 Å². The Labute approximate surface area is 234 Å². The number of carbonyl (C=O) groups excluding carboxylic acids is 1. The van der Waals surface area contributed by atoms with Crippen LogP contribution in [0.1, 0.15) is 131 Å². The molecule has 0 saturated heterocycles. The summed E-state index contributed by atoms with van der Waals surface area (Å²) >= 11 is 0. The predicted octanol–water partition coefficient (Wildman–Crippen LogP) is 7.50. The first-order chi connectivity index (χ1) is 18.0.